The first-order chi connectivity index (χ1) is 9.79. The molecular weight excluding hydrogens is 303 g/mol. The van der Waals surface area contributed by atoms with Gasteiger partial charge in [0.05, 0.1) is 0 Å². The number of benzene rings is 1. The van der Waals surface area contributed by atoms with Crippen molar-refractivity contribution in [3.8, 4) is 0 Å². The van der Waals surface area contributed by atoms with Gasteiger partial charge >= 0.3 is 6.18 Å². The summed E-state index contributed by atoms with van der Waals surface area (Å²) in [5.41, 5.74) is 0.499. The van der Waals surface area contributed by atoms with Crippen molar-refractivity contribution < 1.29 is 13.2 Å². The fourth-order valence-corrected chi connectivity index (χ4v) is 2.04. The van der Waals surface area contributed by atoms with E-state index in [1.54, 1.807) is 12.1 Å². The lowest BCUT2D eigenvalue weighted by molar-refractivity contribution is -0.137. The number of nitrogens with zero attached hydrogens (tertiary/aromatic N) is 2. The zero-order valence-electron chi connectivity index (χ0n) is 11.4. The highest BCUT2D eigenvalue weighted by molar-refractivity contribution is 6.28. The Labute approximate surface area is 125 Å². The number of rotatable bonds is 3. The molecule has 0 aliphatic carbocycles. The van der Waals surface area contributed by atoms with E-state index in [1.165, 1.54) is 0 Å². The van der Waals surface area contributed by atoms with Gasteiger partial charge < -0.3 is 5.32 Å². The van der Waals surface area contributed by atoms with Crippen LogP contribution in [0.15, 0.2) is 30.5 Å². The largest absolute Gasteiger partial charge is 0.421 e. The zero-order valence-corrected chi connectivity index (χ0v) is 12.1. The average Bonchev–Trinajstić information content (AvgIpc) is 2.37. The summed E-state index contributed by atoms with van der Waals surface area (Å²) in [7, 11) is 0. The zero-order chi connectivity index (χ0) is 15.6. The van der Waals surface area contributed by atoms with Crippen LogP contribution in [-0.2, 0) is 6.18 Å². The minimum atomic E-state index is -4.56. The number of nitrogens with one attached hydrogen (secondary N) is 1. The summed E-state index contributed by atoms with van der Waals surface area (Å²) in [4.78, 5) is 7.06. The second-order valence-electron chi connectivity index (χ2n) is 4.77. The molecule has 0 unspecified atom stereocenters. The maximum absolute atomic E-state index is 13.0. The Morgan fingerprint density at radius 3 is 2.48 bits per heavy atom. The van der Waals surface area contributed by atoms with Crippen molar-refractivity contribution in [2.45, 2.75) is 25.9 Å². The van der Waals surface area contributed by atoms with E-state index < -0.39 is 11.7 Å². The molecule has 1 aromatic carbocycles. The standard InChI is InChI=1S/C14H13ClF3N3/c1-8(2)9-5-3-4-6-11(9)20-12-10(14(16,17)18)7-19-13(15)21-12/h3-8H,1-2H3,(H,19,20,21). The number of anilines is 2. The van der Waals surface area contributed by atoms with Gasteiger partial charge in [0.25, 0.3) is 0 Å². The Balaban J connectivity index is 2.47. The molecule has 0 bridgehead atoms. The van der Waals surface area contributed by atoms with Gasteiger partial charge in [-0.25, -0.2) is 4.98 Å². The van der Waals surface area contributed by atoms with Gasteiger partial charge in [-0.3, -0.25) is 0 Å². The maximum Gasteiger partial charge on any atom is 0.421 e. The molecule has 0 aliphatic heterocycles. The quantitative estimate of drug-likeness (QED) is 0.808. The minimum absolute atomic E-state index is 0.153. The molecule has 0 spiro atoms. The van der Waals surface area contributed by atoms with E-state index in [0.29, 0.717) is 11.9 Å². The molecule has 0 saturated carbocycles. The van der Waals surface area contributed by atoms with Crippen molar-refractivity contribution in [2.24, 2.45) is 0 Å². The number of hydrogen-bond acceptors (Lipinski definition) is 3. The summed E-state index contributed by atoms with van der Waals surface area (Å²) in [5, 5.41) is 2.47. The van der Waals surface area contributed by atoms with Crippen molar-refractivity contribution in [1.29, 1.82) is 0 Å². The summed E-state index contributed by atoms with van der Waals surface area (Å²) in [6, 6.07) is 7.12. The van der Waals surface area contributed by atoms with E-state index in [0.717, 1.165) is 5.56 Å². The van der Waals surface area contributed by atoms with Crippen LogP contribution in [0.4, 0.5) is 24.7 Å². The molecule has 1 aromatic heterocycles. The van der Waals surface area contributed by atoms with Crippen molar-refractivity contribution >= 4 is 23.1 Å². The summed E-state index contributed by atoms with van der Waals surface area (Å²) in [6.07, 6.45) is -3.88. The lowest BCUT2D eigenvalue weighted by Crippen LogP contribution is -2.12. The highest BCUT2D eigenvalue weighted by atomic mass is 35.5. The van der Waals surface area contributed by atoms with E-state index in [2.05, 4.69) is 15.3 Å². The summed E-state index contributed by atoms with van der Waals surface area (Å²) >= 11 is 5.61. The molecule has 0 atom stereocenters. The molecule has 2 rings (SSSR count). The SMILES string of the molecule is CC(C)c1ccccc1Nc1nc(Cl)ncc1C(F)(F)F. The molecular formula is C14H13ClF3N3. The number of para-hydroxylation sites is 1. The van der Waals surface area contributed by atoms with E-state index >= 15 is 0 Å². The van der Waals surface area contributed by atoms with Gasteiger partial charge in [-0.05, 0) is 29.1 Å². The lowest BCUT2D eigenvalue weighted by atomic mass is 10.0. The first-order valence-electron chi connectivity index (χ1n) is 6.24. The molecule has 3 nitrogen and oxygen atoms in total. The van der Waals surface area contributed by atoms with Gasteiger partial charge in [-0.2, -0.15) is 18.2 Å². The topological polar surface area (TPSA) is 37.8 Å². The molecule has 1 N–H and O–H groups in total. The van der Waals surface area contributed by atoms with Crippen LogP contribution in [-0.4, -0.2) is 9.97 Å². The maximum atomic E-state index is 13.0. The molecule has 0 aliphatic rings. The second-order valence-corrected chi connectivity index (χ2v) is 5.10. The van der Waals surface area contributed by atoms with E-state index in [4.69, 9.17) is 11.6 Å². The van der Waals surface area contributed by atoms with Crippen LogP contribution in [0.3, 0.4) is 0 Å². The van der Waals surface area contributed by atoms with Gasteiger partial charge in [0.1, 0.15) is 11.4 Å². The number of hydrogen-bond donors (Lipinski definition) is 1. The molecule has 21 heavy (non-hydrogen) atoms. The number of alkyl halides is 3. The fourth-order valence-electron chi connectivity index (χ4n) is 1.90. The molecule has 112 valence electrons. The first kappa shape index (κ1) is 15.6. The molecule has 2 aromatic rings. The lowest BCUT2D eigenvalue weighted by Gasteiger charge is -2.17. The molecule has 1 heterocycles. The highest BCUT2D eigenvalue weighted by Crippen LogP contribution is 2.36. The summed E-state index contributed by atoms with van der Waals surface area (Å²) in [5.74, 6) is -0.198. The van der Waals surface area contributed by atoms with Crippen molar-refractivity contribution in [1.82, 2.24) is 9.97 Å². The Kier molecular flexibility index (Phi) is 4.37. The fraction of sp³-hybridized carbons (Fsp3) is 0.286. The third-order valence-corrected chi connectivity index (χ3v) is 3.08. The third kappa shape index (κ3) is 3.64. The normalized spacial score (nSPS) is 11.8. The van der Waals surface area contributed by atoms with Gasteiger partial charge in [0, 0.05) is 11.9 Å². The third-order valence-electron chi connectivity index (χ3n) is 2.90. The van der Waals surface area contributed by atoms with Crippen molar-refractivity contribution in [2.75, 3.05) is 5.32 Å². The van der Waals surface area contributed by atoms with Crippen LogP contribution in [0.25, 0.3) is 0 Å². The highest BCUT2D eigenvalue weighted by Gasteiger charge is 2.35. The average molecular weight is 316 g/mol. The van der Waals surface area contributed by atoms with Gasteiger partial charge in [-0.15, -0.1) is 0 Å². The van der Waals surface area contributed by atoms with Crippen LogP contribution in [0.2, 0.25) is 5.28 Å². The predicted molar refractivity (Wildman–Crippen MR) is 75.9 cm³/mol. The van der Waals surface area contributed by atoms with Gasteiger partial charge in [-0.1, -0.05) is 32.0 Å². The monoisotopic (exact) mass is 315 g/mol. The molecule has 0 amide bonds. The number of aromatic nitrogens is 2. The van der Waals surface area contributed by atoms with Crippen LogP contribution in [0.5, 0.6) is 0 Å². The van der Waals surface area contributed by atoms with Crippen LogP contribution < -0.4 is 5.32 Å². The Morgan fingerprint density at radius 2 is 1.86 bits per heavy atom. The minimum Gasteiger partial charge on any atom is -0.339 e. The number of halogens is 4. The molecule has 0 fully saturated rings. The van der Waals surface area contributed by atoms with Crippen LogP contribution in [0.1, 0.15) is 30.9 Å². The van der Waals surface area contributed by atoms with Gasteiger partial charge in [0.2, 0.25) is 5.28 Å². The van der Waals surface area contributed by atoms with Crippen LogP contribution >= 0.6 is 11.6 Å². The van der Waals surface area contributed by atoms with E-state index in [1.807, 2.05) is 26.0 Å². The van der Waals surface area contributed by atoms with Crippen molar-refractivity contribution in [3.63, 3.8) is 0 Å². The molecule has 7 heteroatoms. The van der Waals surface area contributed by atoms with E-state index in [-0.39, 0.29) is 17.0 Å². The Hall–Kier alpha value is -1.82. The molecule has 0 radical (unpaired) electrons. The van der Waals surface area contributed by atoms with Gasteiger partial charge in [0.15, 0.2) is 0 Å². The smallest absolute Gasteiger partial charge is 0.339 e. The second kappa shape index (κ2) is 5.89. The first-order valence-corrected chi connectivity index (χ1v) is 6.62. The molecule has 0 saturated heterocycles. The summed E-state index contributed by atoms with van der Waals surface area (Å²) < 4.78 is 38.9. The van der Waals surface area contributed by atoms with Crippen molar-refractivity contribution in [3.05, 3.63) is 46.9 Å². The van der Waals surface area contributed by atoms with Crippen LogP contribution in [0, 0.1) is 0 Å². The Bertz CT molecular complexity index is 642. The summed E-state index contributed by atoms with van der Waals surface area (Å²) in [6.45, 7) is 3.91. The Morgan fingerprint density at radius 1 is 1.19 bits per heavy atom. The van der Waals surface area contributed by atoms with E-state index in [9.17, 15) is 13.2 Å². The predicted octanol–water partition coefficient (Wildman–Crippen LogP) is 5.02.